The molecular weight excluding hydrogens is 402 g/mol. The zero-order chi connectivity index (χ0) is 22.5. The summed E-state index contributed by atoms with van der Waals surface area (Å²) in [5.41, 5.74) is 4.08. The predicted molar refractivity (Wildman–Crippen MR) is 125 cm³/mol. The second kappa shape index (κ2) is 9.47. The highest BCUT2D eigenvalue weighted by molar-refractivity contribution is 6.09. The van der Waals surface area contributed by atoms with Crippen LogP contribution < -0.4 is 16.0 Å². The van der Waals surface area contributed by atoms with Gasteiger partial charge in [0.25, 0.3) is 11.8 Å². The van der Waals surface area contributed by atoms with Gasteiger partial charge in [-0.25, -0.2) is 0 Å². The fraction of sp³-hybridized carbons (Fsp3) is 0.192. The number of amides is 3. The fourth-order valence-electron chi connectivity index (χ4n) is 3.26. The number of hydrogen-bond acceptors (Lipinski definition) is 3. The maximum atomic E-state index is 12.7. The number of carbonyl (C=O) groups is 3. The first-order chi connectivity index (χ1) is 15.5. The summed E-state index contributed by atoms with van der Waals surface area (Å²) >= 11 is 0. The number of benzene rings is 3. The van der Waals surface area contributed by atoms with Crippen molar-refractivity contribution in [1.29, 1.82) is 0 Å². The normalized spacial score (nSPS) is 12.7. The summed E-state index contributed by atoms with van der Waals surface area (Å²) < 4.78 is 0. The Bertz CT molecular complexity index is 1130. The van der Waals surface area contributed by atoms with E-state index in [-0.39, 0.29) is 23.6 Å². The number of para-hydroxylation sites is 1. The molecule has 0 bridgehead atoms. The third-order valence-corrected chi connectivity index (χ3v) is 5.36. The molecule has 0 aliphatic heterocycles. The molecule has 3 N–H and O–H groups in total. The van der Waals surface area contributed by atoms with Crippen LogP contribution in [0.5, 0.6) is 0 Å². The molecule has 1 aliphatic carbocycles. The fourth-order valence-corrected chi connectivity index (χ4v) is 3.26. The molecule has 1 aliphatic rings. The van der Waals surface area contributed by atoms with Crippen molar-refractivity contribution in [3.8, 4) is 0 Å². The van der Waals surface area contributed by atoms with Crippen molar-refractivity contribution in [2.24, 2.45) is 5.92 Å². The molecule has 3 amide bonds. The van der Waals surface area contributed by atoms with Gasteiger partial charge in [-0.1, -0.05) is 42.0 Å². The molecule has 0 atom stereocenters. The van der Waals surface area contributed by atoms with Crippen LogP contribution in [0.1, 0.15) is 44.7 Å². The van der Waals surface area contributed by atoms with Gasteiger partial charge in [-0.2, -0.15) is 0 Å². The Morgan fingerprint density at radius 3 is 2.19 bits per heavy atom. The number of rotatable bonds is 7. The lowest BCUT2D eigenvalue weighted by Gasteiger charge is -2.12. The van der Waals surface area contributed by atoms with Crippen molar-refractivity contribution in [3.63, 3.8) is 0 Å². The van der Waals surface area contributed by atoms with E-state index in [0.717, 1.165) is 24.0 Å². The Labute approximate surface area is 187 Å². The average molecular weight is 428 g/mol. The van der Waals surface area contributed by atoms with Crippen LogP contribution >= 0.6 is 0 Å². The topological polar surface area (TPSA) is 87.3 Å². The van der Waals surface area contributed by atoms with Crippen LogP contribution in [0.25, 0.3) is 0 Å². The van der Waals surface area contributed by atoms with E-state index in [0.29, 0.717) is 29.0 Å². The first-order valence-corrected chi connectivity index (χ1v) is 10.6. The van der Waals surface area contributed by atoms with Crippen LogP contribution in [0.2, 0.25) is 0 Å². The molecule has 0 unspecified atom stereocenters. The highest BCUT2D eigenvalue weighted by Crippen LogP contribution is 2.30. The van der Waals surface area contributed by atoms with E-state index in [2.05, 4.69) is 16.0 Å². The molecule has 1 fully saturated rings. The lowest BCUT2D eigenvalue weighted by atomic mass is 10.1. The molecule has 3 aromatic carbocycles. The van der Waals surface area contributed by atoms with Crippen molar-refractivity contribution in [2.75, 3.05) is 10.6 Å². The molecule has 32 heavy (non-hydrogen) atoms. The van der Waals surface area contributed by atoms with Gasteiger partial charge in [0.15, 0.2) is 0 Å². The molecule has 1 saturated carbocycles. The van der Waals surface area contributed by atoms with Crippen LogP contribution in [-0.2, 0) is 11.3 Å². The first kappa shape index (κ1) is 21.3. The molecule has 3 aromatic rings. The molecule has 162 valence electrons. The Hall–Kier alpha value is -3.93. The van der Waals surface area contributed by atoms with Gasteiger partial charge >= 0.3 is 0 Å². The minimum Gasteiger partial charge on any atom is -0.348 e. The van der Waals surface area contributed by atoms with Gasteiger partial charge in [0.1, 0.15) is 0 Å². The van der Waals surface area contributed by atoms with Crippen molar-refractivity contribution >= 4 is 29.1 Å². The van der Waals surface area contributed by atoms with Crippen LogP contribution in [0.15, 0.2) is 72.8 Å². The number of carbonyl (C=O) groups excluding carboxylic acids is 3. The maximum absolute atomic E-state index is 12.7. The SMILES string of the molecule is Cc1ccc(CNC(=O)c2ccccc2NC(=O)c2ccc(NC(=O)C3CC3)cc2)cc1. The second-order valence-corrected chi connectivity index (χ2v) is 8.01. The molecular formula is C26H25N3O3. The third-order valence-electron chi connectivity index (χ3n) is 5.36. The smallest absolute Gasteiger partial charge is 0.255 e. The van der Waals surface area contributed by atoms with Gasteiger partial charge in [0.05, 0.1) is 11.3 Å². The summed E-state index contributed by atoms with van der Waals surface area (Å²) in [5.74, 6) is -0.456. The van der Waals surface area contributed by atoms with Crippen LogP contribution in [0.3, 0.4) is 0 Å². The number of hydrogen-bond donors (Lipinski definition) is 3. The van der Waals surface area contributed by atoms with E-state index < -0.39 is 0 Å². The molecule has 0 saturated heterocycles. The summed E-state index contributed by atoms with van der Waals surface area (Å²) in [7, 11) is 0. The summed E-state index contributed by atoms with van der Waals surface area (Å²) in [6, 6.07) is 21.5. The molecule has 6 heteroatoms. The van der Waals surface area contributed by atoms with Gasteiger partial charge in [-0.3, -0.25) is 14.4 Å². The number of aryl methyl sites for hydroxylation is 1. The Morgan fingerprint density at radius 1 is 0.812 bits per heavy atom. The predicted octanol–water partition coefficient (Wildman–Crippen LogP) is 4.53. The second-order valence-electron chi connectivity index (χ2n) is 8.01. The van der Waals surface area contributed by atoms with E-state index in [9.17, 15) is 14.4 Å². The quantitative estimate of drug-likeness (QED) is 0.518. The van der Waals surface area contributed by atoms with E-state index in [4.69, 9.17) is 0 Å². The largest absolute Gasteiger partial charge is 0.348 e. The van der Waals surface area contributed by atoms with E-state index in [1.54, 1.807) is 48.5 Å². The van der Waals surface area contributed by atoms with E-state index in [1.807, 2.05) is 31.2 Å². The standard InChI is InChI=1S/C26H25N3O3/c1-17-6-8-18(9-7-17)16-27-26(32)22-4-2-3-5-23(22)29-25(31)20-12-14-21(15-13-20)28-24(30)19-10-11-19/h2-9,12-15,19H,10-11,16H2,1H3,(H,27,32)(H,28,30)(H,29,31). The van der Waals surface area contributed by atoms with Gasteiger partial charge in [-0.15, -0.1) is 0 Å². The van der Waals surface area contributed by atoms with Gasteiger partial charge in [0.2, 0.25) is 5.91 Å². The summed E-state index contributed by atoms with van der Waals surface area (Å²) in [4.78, 5) is 37.3. The van der Waals surface area contributed by atoms with Crippen LogP contribution in [0, 0.1) is 12.8 Å². The number of nitrogens with one attached hydrogen (secondary N) is 3. The Morgan fingerprint density at radius 2 is 1.50 bits per heavy atom. The Kier molecular flexibility index (Phi) is 6.31. The van der Waals surface area contributed by atoms with E-state index >= 15 is 0 Å². The molecule has 0 radical (unpaired) electrons. The minimum absolute atomic E-state index is 0.0211. The molecule has 0 aromatic heterocycles. The van der Waals surface area contributed by atoms with Crippen molar-refractivity contribution in [3.05, 3.63) is 95.1 Å². The molecule has 0 spiro atoms. The van der Waals surface area contributed by atoms with Gasteiger partial charge < -0.3 is 16.0 Å². The number of anilines is 2. The lowest BCUT2D eigenvalue weighted by Crippen LogP contribution is -2.24. The zero-order valence-corrected chi connectivity index (χ0v) is 17.9. The van der Waals surface area contributed by atoms with Gasteiger partial charge in [0, 0.05) is 23.7 Å². The Balaban J connectivity index is 1.39. The first-order valence-electron chi connectivity index (χ1n) is 10.6. The van der Waals surface area contributed by atoms with Crippen LogP contribution in [0.4, 0.5) is 11.4 Å². The minimum atomic E-state index is -0.330. The highest BCUT2D eigenvalue weighted by Gasteiger charge is 2.29. The maximum Gasteiger partial charge on any atom is 0.255 e. The monoisotopic (exact) mass is 427 g/mol. The van der Waals surface area contributed by atoms with E-state index in [1.165, 1.54) is 0 Å². The zero-order valence-electron chi connectivity index (χ0n) is 17.9. The molecule has 0 heterocycles. The van der Waals surface area contributed by atoms with Crippen molar-refractivity contribution in [1.82, 2.24) is 5.32 Å². The summed E-state index contributed by atoms with van der Waals surface area (Å²) in [6.07, 6.45) is 1.87. The van der Waals surface area contributed by atoms with Crippen molar-refractivity contribution < 1.29 is 14.4 Å². The highest BCUT2D eigenvalue weighted by atomic mass is 16.2. The molecule has 6 nitrogen and oxygen atoms in total. The third kappa shape index (κ3) is 5.40. The average Bonchev–Trinajstić information content (AvgIpc) is 3.65. The lowest BCUT2D eigenvalue weighted by molar-refractivity contribution is -0.117. The summed E-state index contributed by atoms with van der Waals surface area (Å²) in [5, 5.41) is 8.56. The van der Waals surface area contributed by atoms with Crippen molar-refractivity contribution in [2.45, 2.75) is 26.3 Å². The molecule has 4 rings (SSSR count). The van der Waals surface area contributed by atoms with Crippen LogP contribution in [-0.4, -0.2) is 17.7 Å². The summed E-state index contributed by atoms with van der Waals surface area (Å²) in [6.45, 7) is 2.41. The van der Waals surface area contributed by atoms with Gasteiger partial charge in [-0.05, 0) is 61.7 Å².